The Hall–Kier alpha value is -2.24. The summed E-state index contributed by atoms with van der Waals surface area (Å²) in [7, 11) is 0. The van der Waals surface area contributed by atoms with Crippen LogP contribution in [0.4, 0.5) is 5.69 Å². The van der Waals surface area contributed by atoms with E-state index in [4.69, 9.17) is 32.7 Å². The SMILES string of the molecule is CCOC(=O)c1cccc(O[C@H](C)C(=O)Nc2c(Cl)cccc2Cl)c1. The number of esters is 1. The first-order valence-corrected chi connectivity index (χ1v) is 8.36. The fraction of sp³-hybridized carbons (Fsp3) is 0.222. The molecule has 0 heterocycles. The molecule has 0 aliphatic heterocycles. The van der Waals surface area contributed by atoms with Crippen LogP contribution in [0.5, 0.6) is 5.75 Å². The molecule has 0 saturated carbocycles. The van der Waals surface area contributed by atoms with Gasteiger partial charge < -0.3 is 14.8 Å². The van der Waals surface area contributed by atoms with Crippen LogP contribution in [0.15, 0.2) is 42.5 Å². The standard InChI is InChI=1S/C18H17Cl2NO4/c1-3-24-18(23)12-6-4-7-13(10-12)25-11(2)17(22)21-16-14(19)8-5-9-15(16)20/h4-11H,3H2,1-2H3,(H,21,22)/t11-/m1/s1. The van der Waals surface area contributed by atoms with E-state index in [0.29, 0.717) is 27.0 Å². The zero-order valence-electron chi connectivity index (χ0n) is 13.7. The van der Waals surface area contributed by atoms with E-state index in [2.05, 4.69) is 5.32 Å². The van der Waals surface area contributed by atoms with Crippen LogP contribution in [-0.4, -0.2) is 24.6 Å². The van der Waals surface area contributed by atoms with Crippen molar-refractivity contribution in [1.82, 2.24) is 0 Å². The summed E-state index contributed by atoms with van der Waals surface area (Å²) in [5.74, 6) is -0.497. The minimum Gasteiger partial charge on any atom is -0.481 e. The maximum absolute atomic E-state index is 12.3. The van der Waals surface area contributed by atoms with Gasteiger partial charge in [0, 0.05) is 0 Å². The number of halogens is 2. The quantitative estimate of drug-likeness (QED) is 0.743. The first kappa shape index (κ1) is 19.1. The maximum atomic E-state index is 12.3. The molecule has 0 radical (unpaired) electrons. The lowest BCUT2D eigenvalue weighted by atomic mass is 10.2. The highest BCUT2D eigenvalue weighted by Gasteiger charge is 2.18. The molecule has 1 atom stereocenters. The molecule has 0 aliphatic rings. The molecule has 132 valence electrons. The largest absolute Gasteiger partial charge is 0.481 e. The molecule has 0 fully saturated rings. The van der Waals surface area contributed by atoms with Crippen LogP contribution in [0, 0.1) is 0 Å². The van der Waals surface area contributed by atoms with Gasteiger partial charge in [-0.1, -0.05) is 35.3 Å². The van der Waals surface area contributed by atoms with Crippen LogP contribution in [0.1, 0.15) is 24.2 Å². The highest BCUT2D eigenvalue weighted by atomic mass is 35.5. The Morgan fingerprint density at radius 2 is 1.76 bits per heavy atom. The average Bonchev–Trinajstić information content (AvgIpc) is 2.58. The molecule has 0 aliphatic carbocycles. The number of hydrogen-bond donors (Lipinski definition) is 1. The Bertz CT molecular complexity index is 759. The van der Waals surface area contributed by atoms with E-state index in [9.17, 15) is 9.59 Å². The molecule has 0 bridgehead atoms. The second-order valence-electron chi connectivity index (χ2n) is 5.09. The molecule has 1 N–H and O–H groups in total. The molecule has 2 rings (SSSR count). The minimum atomic E-state index is -0.829. The molecule has 5 nitrogen and oxygen atoms in total. The number of ether oxygens (including phenoxy) is 2. The lowest BCUT2D eigenvalue weighted by Gasteiger charge is -2.16. The van der Waals surface area contributed by atoms with Gasteiger partial charge in [-0.3, -0.25) is 4.79 Å². The van der Waals surface area contributed by atoms with Gasteiger partial charge in [0.05, 0.1) is 27.9 Å². The summed E-state index contributed by atoms with van der Waals surface area (Å²) in [6.45, 7) is 3.59. The van der Waals surface area contributed by atoms with Crippen molar-refractivity contribution >= 4 is 40.8 Å². The van der Waals surface area contributed by atoms with Gasteiger partial charge in [-0.05, 0) is 44.2 Å². The van der Waals surface area contributed by atoms with Crippen molar-refractivity contribution in [2.45, 2.75) is 20.0 Å². The summed E-state index contributed by atoms with van der Waals surface area (Å²) in [6.07, 6.45) is -0.829. The molecule has 2 aromatic rings. The van der Waals surface area contributed by atoms with Crippen molar-refractivity contribution in [1.29, 1.82) is 0 Å². The van der Waals surface area contributed by atoms with E-state index in [0.717, 1.165) is 0 Å². The second-order valence-corrected chi connectivity index (χ2v) is 5.91. The Labute approximate surface area is 155 Å². The maximum Gasteiger partial charge on any atom is 0.338 e. The number of carbonyl (C=O) groups excluding carboxylic acids is 2. The molecular formula is C18H17Cl2NO4. The minimum absolute atomic E-state index is 0.279. The molecule has 25 heavy (non-hydrogen) atoms. The zero-order valence-corrected chi connectivity index (χ0v) is 15.2. The van der Waals surface area contributed by atoms with Gasteiger partial charge in [0.2, 0.25) is 0 Å². The predicted molar refractivity (Wildman–Crippen MR) is 97.6 cm³/mol. The number of carbonyl (C=O) groups is 2. The summed E-state index contributed by atoms with van der Waals surface area (Å²) in [5.41, 5.74) is 0.674. The van der Waals surface area contributed by atoms with Crippen LogP contribution in [0.2, 0.25) is 10.0 Å². The van der Waals surface area contributed by atoms with Gasteiger partial charge in [-0.25, -0.2) is 4.79 Å². The van der Waals surface area contributed by atoms with E-state index in [1.165, 1.54) is 6.07 Å². The summed E-state index contributed by atoms with van der Waals surface area (Å²) in [6, 6.07) is 11.4. The van der Waals surface area contributed by atoms with Crippen molar-refractivity contribution in [3.8, 4) is 5.75 Å². The molecule has 2 aromatic carbocycles. The van der Waals surface area contributed by atoms with Crippen LogP contribution in [0.25, 0.3) is 0 Å². The van der Waals surface area contributed by atoms with Crippen molar-refractivity contribution in [2.75, 3.05) is 11.9 Å². The van der Waals surface area contributed by atoms with E-state index >= 15 is 0 Å². The number of nitrogens with one attached hydrogen (secondary N) is 1. The molecular weight excluding hydrogens is 365 g/mol. The van der Waals surface area contributed by atoms with Crippen molar-refractivity contribution in [3.63, 3.8) is 0 Å². The summed E-state index contributed by atoms with van der Waals surface area (Å²) in [5, 5.41) is 3.30. The smallest absolute Gasteiger partial charge is 0.338 e. The normalized spacial score (nSPS) is 11.5. The molecule has 7 heteroatoms. The monoisotopic (exact) mass is 381 g/mol. The number of para-hydroxylation sites is 1. The van der Waals surface area contributed by atoms with Gasteiger partial charge in [0.15, 0.2) is 6.10 Å². The van der Waals surface area contributed by atoms with Crippen LogP contribution in [0.3, 0.4) is 0 Å². The lowest BCUT2D eigenvalue weighted by molar-refractivity contribution is -0.122. The average molecular weight is 382 g/mol. The Kier molecular flexibility index (Phi) is 6.67. The van der Waals surface area contributed by atoms with Crippen LogP contribution in [-0.2, 0) is 9.53 Å². The third kappa shape index (κ3) is 5.11. The van der Waals surface area contributed by atoms with Gasteiger partial charge in [-0.2, -0.15) is 0 Å². The van der Waals surface area contributed by atoms with Crippen LogP contribution < -0.4 is 10.1 Å². The predicted octanol–water partition coefficient (Wildman–Crippen LogP) is 4.58. The lowest BCUT2D eigenvalue weighted by Crippen LogP contribution is -2.30. The summed E-state index contributed by atoms with van der Waals surface area (Å²) in [4.78, 5) is 24.0. The Balaban J connectivity index is 2.06. The van der Waals surface area contributed by atoms with E-state index in [1.807, 2.05) is 0 Å². The summed E-state index contributed by atoms with van der Waals surface area (Å²) < 4.78 is 10.5. The van der Waals surface area contributed by atoms with Crippen molar-refractivity contribution in [2.24, 2.45) is 0 Å². The fourth-order valence-electron chi connectivity index (χ4n) is 2.01. The molecule has 0 aromatic heterocycles. The Morgan fingerprint density at radius 3 is 2.40 bits per heavy atom. The van der Waals surface area contributed by atoms with Gasteiger partial charge in [0.1, 0.15) is 5.75 Å². The first-order valence-electron chi connectivity index (χ1n) is 7.61. The number of amides is 1. The van der Waals surface area contributed by atoms with Gasteiger partial charge in [0.25, 0.3) is 5.91 Å². The van der Waals surface area contributed by atoms with E-state index in [1.54, 1.807) is 50.2 Å². The summed E-state index contributed by atoms with van der Waals surface area (Å²) >= 11 is 12.1. The van der Waals surface area contributed by atoms with Gasteiger partial charge >= 0.3 is 5.97 Å². The topological polar surface area (TPSA) is 64.6 Å². The first-order chi connectivity index (χ1) is 11.9. The molecule has 1 amide bonds. The zero-order chi connectivity index (χ0) is 18.4. The highest BCUT2D eigenvalue weighted by Crippen LogP contribution is 2.30. The molecule has 0 spiro atoms. The van der Waals surface area contributed by atoms with Gasteiger partial charge in [-0.15, -0.1) is 0 Å². The number of anilines is 1. The molecule has 0 saturated heterocycles. The fourth-order valence-corrected chi connectivity index (χ4v) is 2.50. The Morgan fingerprint density at radius 1 is 1.12 bits per heavy atom. The molecule has 0 unspecified atom stereocenters. The second kappa shape index (κ2) is 8.74. The number of benzene rings is 2. The van der Waals surface area contributed by atoms with Crippen LogP contribution >= 0.6 is 23.2 Å². The van der Waals surface area contributed by atoms with E-state index in [-0.39, 0.29) is 6.61 Å². The number of rotatable bonds is 6. The third-order valence-corrected chi connectivity index (χ3v) is 3.87. The van der Waals surface area contributed by atoms with E-state index < -0.39 is 18.0 Å². The van der Waals surface area contributed by atoms with Crippen molar-refractivity contribution in [3.05, 3.63) is 58.1 Å². The third-order valence-electron chi connectivity index (χ3n) is 3.24. The van der Waals surface area contributed by atoms with Crippen molar-refractivity contribution < 1.29 is 19.1 Å². The highest BCUT2D eigenvalue weighted by molar-refractivity contribution is 6.39. The number of hydrogen-bond acceptors (Lipinski definition) is 4.